The van der Waals surface area contributed by atoms with Gasteiger partial charge in [-0.3, -0.25) is 0 Å². The van der Waals surface area contributed by atoms with Crippen LogP contribution in [-0.2, 0) is 11.3 Å². The second kappa shape index (κ2) is 3.50. The Bertz CT molecular complexity index is 388. The highest BCUT2D eigenvalue weighted by molar-refractivity contribution is 6.30. The van der Waals surface area contributed by atoms with Crippen molar-refractivity contribution in [1.82, 2.24) is 4.90 Å². The van der Waals surface area contributed by atoms with E-state index in [0.717, 1.165) is 16.3 Å². The molecule has 0 saturated heterocycles. The Morgan fingerprint density at radius 1 is 1.43 bits per heavy atom. The lowest BCUT2D eigenvalue weighted by atomic mass is 10.2. The van der Waals surface area contributed by atoms with E-state index in [1.807, 2.05) is 37.2 Å². The van der Waals surface area contributed by atoms with E-state index in [4.69, 9.17) is 16.3 Å². The maximum absolute atomic E-state index is 5.86. The Balaban J connectivity index is 2.40. The Morgan fingerprint density at radius 2 is 2.21 bits per heavy atom. The molecule has 14 heavy (non-hydrogen) atoms. The molecule has 0 amide bonds. The summed E-state index contributed by atoms with van der Waals surface area (Å²) in [5.74, 6) is 0. The Labute approximate surface area is 88.0 Å². The van der Waals surface area contributed by atoms with E-state index in [0.29, 0.717) is 12.6 Å². The van der Waals surface area contributed by atoms with Gasteiger partial charge in [0.25, 0.3) is 6.02 Å². The zero-order valence-corrected chi connectivity index (χ0v) is 8.88. The summed E-state index contributed by atoms with van der Waals surface area (Å²) in [4.78, 5) is 6.19. The number of amidine groups is 1. The van der Waals surface area contributed by atoms with Gasteiger partial charge in [-0.15, -0.1) is 0 Å². The summed E-state index contributed by atoms with van der Waals surface area (Å²) in [5.41, 5.74) is 1.97. The van der Waals surface area contributed by atoms with E-state index in [2.05, 4.69) is 4.99 Å². The summed E-state index contributed by atoms with van der Waals surface area (Å²) in [5, 5.41) is 0.718. The lowest BCUT2D eigenvalue weighted by Crippen LogP contribution is -2.26. The van der Waals surface area contributed by atoms with E-state index in [-0.39, 0.29) is 0 Å². The van der Waals surface area contributed by atoms with Crippen LogP contribution in [0.25, 0.3) is 0 Å². The molecule has 0 saturated carbocycles. The second-order valence-corrected chi connectivity index (χ2v) is 3.79. The molecule has 0 atom stereocenters. The van der Waals surface area contributed by atoms with Crippen LogP contribution in [0.15, 0.2) is 23.2 Å². The number of hydrogen-bond donors (Lipinski definition) is 0. The monoisotopic (exact) mass is 210 g/mol. The minimum Gasteiger partial charge on any atom is -0.460 e. The Hall–Kier alpha value is -1.22. The summed E-state index contributed by atoms with van der Waals surface area (Å²) in [6.45, 7) is 0.535. The molecule has 1 aliphatic heterocycles. The number of ether oxygens (including phenoxy) is 1. The number of nitrogens with zero attached hydrogens (tertiary/aromatic N) is 2. The van der Waals surface area contributed by atoms with E-state index in [9.17, 15) is 0 Å². The van der Waals surface area contributed by atoms with Crippen LogP contribution in [-0.4, -0.2) is 25.0 Å². The molecule has 74 valence electrons. The molecule has 1 aromatic carbocycles. The molecule has 1 heterocycles. The molecule has 2 rings (SSSR count). The average molecular weight is 211 g/mol. The number of rotatable bonds is 0. The molecule has 1 aromatic rings. The Morgan fingerprint density at radius 3 is 2.93 bits per heavy atom. The van der Waals surface area contributed by atoms with Crippen molar-refractivity contribution >= 4 is 23.3 Å². The standard InChI is InChI=1S/C10H11ClN2O/c1-13(2)10-12-9-4-3-8(11)5-7(9)6-14-10/h3-5H,6H2,1-2H3. The first-order valence-corrected chi connectivity index (χ1v) is 4.72. The largest absolute Gasteiger partial charge is 0.460 e. The molecular weight excluding hydrogens is 200 g/mol. The molecule has 0 aliphatic carbocycles. The van der Waals surface area contributed by atoms with Crippen molar-refractivity contribution in [3.8, 4) is 0 Å². The number of halogens is 1. The first-order valence-electron chi connectivity index (χ1n) is 4.34. The van der Waals surface area contributed by atoms with Gasteiger partial charge in [0.1, 0.15) is 6.61 Å². The number of fused-ring (bicyclic) bond motifs is 1. The van der Waals surface area contributed by atoms with Gasteiger partial charge in [0.2, 0.25) is 0 Å². The van der Waals surface area contributed by atoms with Crippen molar-refractivity contribution in [2.75, 3.05) is 14.1 Å². The summed E-state index contributed by atoms with van der Waals surface area (Å²) >= 11 is 5.86. The summed E-state index contributed by atoms with van der Waals surface area (Å²) in [6, 6.07) is 6.26. The fourth-order valence-electron chi connectivity index (χ4n) is 1.29. The van der Waals surface area contributed by atoms with E-state index in [1.54, 1.807) is 0 Å². The number of hydrogen-bond acceptors (Lipinski definition) is 3. The molecule has 0 spiro atoms. The van der Waals surface area contributed by atoms with Crippen LogP contribution in [0, 0.1) is 0 Å². The molecular formula is C10H11ClN2O. The SMILES string of the molecule is CN(C)C1=Nc2ccc(Cl)cc2CO1. The van der Waals surface area contributed by atoms with Crippen LogP contribution >= 0.6 is 11.6 Å². The highest BCUT2D eigenvalue weighted by Crippen LogP contribution is 2.27. The molecule has 1 aliphatic rings. The van der Waals surface area contributed by atoms with Crippen molar-refractivity contribution in [3.63, 3.8) is 0 Å². The van der Waals surface area contributed by atoms with Crippen LogP contribution in [0.4, 0.5) is 5.69 Å². The predicted octanol–water partition coefficient (Wildman–Crippen LogP) is 2.42. The third-order valence-electron chi connectivity index (χ3n) is 2.00. The summed E-state index contributed by atoms with van der Waals surface area (Å²) in [6.07, 6.45) is 0. The normalized spacial score (nSPS) is 14.1. The fraction of sp³-hybridized carbons (Fsp3) is 0.300. The van der Waals surface area contributed by atoms with Gasteiger partial charge < -0.3 is 9.64 Å². The molecule has 0 unspecified atom stereocenters. The van der Waals surface area contributed by atoms with Crippen LogP contribution in [0.2, 0.25) is 5.02 Å². The second-order valence-electron chi connectivity index (χ2n) is 3.35. The third kappa shape index (κ3) is 1.68. The van der Waals surface area contributed by atoms with E-state index >= 15 is 0 Å². The van der Waals surface area contributed by atoms with Gasteiger partial charge in [0, 0.05) is 24.7 Å². The molecule has 0 aromatic heterocycles. The number of aliphatic imine (C=N–C) groups is 1. The van der Waals surface area contributed by atoms with Crippen molar-refractivity contribution in [3.05, 3.63) is 28.8 Å². The molecule has 3 nitrogen and oxygen atoms in total. The average Bonchev–Trinajstić information content (AvgIpc) is 2.16. The molecule has 0 N–H and O–H groups in total. The zero-order valence-electron chi connectivity index (χ0n) is 8.12. The molecule has 4 heteroatoms. The molecule has 0 radical (unpaired) electrons. The first-order chi connectivity index (χ1) is 6.66. The smallest absolute Gasteiger partial charge is 0.292 e. The summed E-state index contributed by atoms with van der Waals surface area (Å²) < 4.78 is 5.44. The van der Waals surface area contributed by atoms with Crippen LogP contribution < -0.4 is 0 Å². The van der Waals surface area contributed by atoms with Crippen molar-refractivity contribution in [2.45, 2.75) is 6.61 Å². The van der Waals surface area contributed by atoms with Crippen molar-refractivity contribution in [2.24, 2.45) is 4.99 Å². The van der Waals surface area contributed by atoms with Gasteiger partial charge >= 0.3 is 0 Å². The van der Waals surface area contributed by atoms with E-state index < -0.39 is 0 Å². The van der Waals surface area contributed by atoms with Gasteiger partial charge in [-0.2, -0.15) is 4.99 Å². The topological polar surface area (TPSA) is 24.8 Å². The third-order valence-corrected chi connectivity index (χ3v) is 2.23. The maximum Gasteiger partial charge on any atom is 0.292 e. The van der Waals surface area contributed by atoms with Gasteiger partial charge in [0.05, 0.1) is 5.69 Å². The highest BCUT2D eigenvalue weighted by atomic mass is 35.5. The van der Waals surface area contributed by atoms with Gasteiger partial charge in [-0.1, -0.05) is 11.6 Å². The fourth-order valence-corrected chi connectivity index (χ4v) is 1.48. The van der Waals surface area contributed by atoms with Gasteiger partial charge in [0.15, 0.2) is 0 Å². The maximum atomic E-state index is 5.86. The number of benzene rings is 1. The van der Waals surface area contributed by atoms with Crippen LogP contribution in [0.1, 0.15) is 5.56 Å². The van der Waals surface area contributed by atoms with Crippen LogP contribution in [0.3, 0.4) is 0 Å². The first kappa shape index (κ1) is 9.34. The molecule has 0 fully saturated rings. The van der Waals surface area contributed by atoms with Gasteiger partial charge in [-0.05, 0) is 18.2 Å². The highest BCUT2D eigenvalue weighted by Gasteiger charge is 2.14. The van der Waals surface area contributed by atoms with Crippen molar-refractivity contribution in [1.29, 1.82) is 0 Å². The minimum absolute atomic E-state index is 0.535. The Kier molecular flexibility index (Phi) is 2.33. The van der Waals surface area contributed by atoms with E-state index in [1.165, 1.54) is 0 Å². The molecule has 0 bridgehead atoms. The lowest BCUT2D eigenvalue weighted by Gasteiger charge is -2.21. The quantitative estimate of drug-likeness (QED) is 0.657. The van der Waals surface area contributed by atoms with Crippen molar-refractivity contribution < 1.29 is 4.74 Å². The minimum atomic E-state index is 0.535. The van der Waals surface area contributed by atoms with Crippen LogP contribution in [0.5, 0.6) is 0 Å². The lowest BCUT2D eigenvalue weighted by molar-refractivity contribution is 0.241. The zero-order chi connectivity index (χ0) is 10.1. The predicted molar refractivity (Wildman–Crippen MR) is 57.0 cm³/mol. The van der Waals surface area contributed by atoms with Gasteiger partial charge in [-0.25, -0.2) is 0 Å². The summed E-state index contributed by atoms with van der Waals surface area (Å²) in [7, 11) is 3.81.